The van der Waals surface area contributed by atoms with E-state index in [1.807, 2.05) is 32.9 Å². The number of nitrogens with two attached hydrogens (primary N) is 1. The Labute approximate surface area is 91.0 Å². The van der Waals surface area contributed by atoms with Crippen molar-refractivity contribution in [1.29, 1.82) is 0 Å². The van der Waals surface area contributed by atoms with Gasteiger partial charge >= 0.3 is 0 Å². The van der Waals surface area contributed by atoms with Gasteiger partial charge in [-0.2, -0.15) is 0 Å². The van der Waals surface area contributed by atoms with Gasteiger partial charge in [-0.15, -0.1) is 12.4 Å². The minimum absolute atomic E-state index is 0. The van der Waals surface area contributed by atoms with Gasteiger partial charge in [0.2, 0.25) is 0 Å². The van der Waals surface area contributed by atoms with Gasteiger partial charge in [-0.25, -0.2) is 0 Å². The topological polar surface area (TPSA) is 47.3 Å². The highest BCUT2D eigenvalue weighted by Crippen LogP contribution is 2.26. The Balaban J connectivity index is 0.00000169. The normalized spacial score (nSPS) is 9.14. The maximum atomic E-state index is 5.50. The van der Waals surface area contributed by atoms with E-state index in [1.165, 1.54) is 0 Å². The van der Waals surface area contributed by atoms with Gasteiger partial charge in [0.05, 0.1) is 6.61 Å². The molecule has 1 aromatic rings. The fraction of sp³-hybridized carbons (Fsp3) is 0.400. The summed E-state index contributed by atoms with van der Waals surface area (Å²) in [7, 11) is 0. The lowest BCUT2D eigenvalue weighted by molar-refractivity contribution is 0.335. The van der Waals surface area contributed by atoms with Crippen LogP contribution in [0.5, 0.6) is 5.75 Å². The SMILES string of the molecule is CCOc1c(C)cc(NN)cc1C.Cl. The van der Waals surface area contributed by atoms with E-state index in [-0.39, 0.29) is 12.4 Å². The van der Waals surface area contributed by atoms with Gasteiger partial charge in [0.15, 0.2) is 0 Å². The maximum absolute atomic E-state index is 5.50. The number of benzene rings is 1. The highest BCUT2D eigenvalue weighted by molar-refractivity contribution is 5.85. The van der Waals surface area contributed by atoms with Crippen LogP contribution in [0, 0.1) is 13.8 Å². The Morgan fingerprint density at radius 3 is 2.14 bits per heavy atom. The second-order valence-corrected chi connectivity index (χ2v) is 3.02. The Bertz CT molecular complexity index is 279. The molecule has 0 aliphatic carbocycles. The first-order valence-electron chi connectivity index (χ1n) is 4.39. The molecule has 0 saturated carbocycles. The van der Waals surface area contributed by atoms with Gasteiger partial charge < -0.3 is 10.2 Å². The predicted molar refractivity (Wildman–Crippen MR) is 62.1 cm³/mol. The molecule has 0 spiro atoms. The highest BCUT2D eigenvalue weighted by atomic mass is 35.5. The molecule has 14 heavy (non-hydrogen) atoms. The molecule has 0 atom stereocenters. The molecule has 1 rings (SSSR count). The average Bonchev–Trinajstić information content (AvgIpc) is 2.11. The summed E-state index contributed by atoms with van der Waals surface area (Å²) in [5, 5.41) is 0. The second-order valence-electron chi connectivity index (χ2n) is 3.02. The fourth-order valence-corrected chi connectivity index (χ4v) is 1.41. The molecule has 0 heterocycles. The van der Waals surface area contributed by atoms with Crippen molar-refractivity contribution in [3.05, 3.63) is 23.3 Å². The summed E-state index contributed by atoms with van der Waals surface area (Å²) in [6, 6.07) is 3.94. The Morgan fingerprint density at radius 2 is 1.79 bits per heavy atom. The van der Waals surface area contributed by atoms with E-state index in [0.717, 1.165) is 22.6 Å². The predicted octanol–water partition coefficient (Wildman–Crippen LogP) is 2.41. The molecule has 80 valence electrons. The van der Waals surface area contributed by atoms with Crippen molar-refractivity contribution in [3.8, 4) is 5.75 Å². The van der Waals surface area contributed by atoms with Crippen molar-refractivity contribution < 1.29 is 4.74 Å². The number of nitrogens with one attached hydrogen (secondary N) is 1. The van der Waals surface area contributed by atoms with Gasteiger partial charge in [-0.1, -0.05) is 0 Å². The van der Waals surface area contributed by atoms with Crippen LogP contribution in [-0.2, 0) is 0 Å². The molecule has 0 aliphatic rings. The Kier molecular flexibility index (Phi) is 5.35. The quantitative estimate of drug-likeness (QED) is 0.603. The van der Waals surface area contributed by atoms with Crippen LogP contribution in [0.3, 0.4) is 0 Å². The zero-order valence-electron chi connectivity index (χ0n) is 8.76. The summed E-state index contributed by atoms with van der Waals surface area (Å²) in [5.74, 6) is 6.28. The van der Waals surface area contributed by atoms with Crippen LogP contribution < -0.4 is 16.0 Å². The lowest BCUT2D eigenvalue weighted by atomic mass is 10.1. The van der Waals surface area contributed by atoms with E-state index in [2.05, 4.69) is 5.43 Å². The van der Waals surface area contributed by atoms with Crippen molar-refractivity contribution >= 4 is 18.1 Å². The first-order valence-corrected chi connectivity index (χ1v) is 4.39. The molecule has 0 saturated heterocycles. The third kappa shape index (κ3) is 2.79. The van der Waals surface area contributed by atoms with E-state index < -0.39 is 0 Å². The molecule has 1 aromatic carbocycles. The zero-order valence-corrected chi connectivity index (χ0v) is 9.57. The molecule has 0 amide bonds. The molecule has 4 heteroatoms. The minimum Gasteiger partial charge on any atom is -0.493 e. The smallest absolute Gasteiger partial charge is 0.125 e. The van der Waals surface area contributed by atoms with Crippen molar-refractivity contribution in [3.63, 3.8) is 0 Å². The van der Waals surface area contributed by atoms with Crippen molar-refractivity contribution in [2.24, 2.45) is 5.84 Å². The van der Waals surface area contributed by atoms with Gasteiger partial charge in [0.1, 0.15) is 5.75 Å². The summed E-state index contributed by atoms with van der Waals surface area (Å²) in [5.41, 5.74) is 5.75. The third-order valence-electron chi connectivity index (χ3n) is 1.92. The molecule has 0 fully saturated rings. The number of nitrogen functional groups attached to an aromatic ring is 1. The van der Waals surface area contributed by atoms with Crippen LogP contribution in [0.4, 0.5) is 5.69 Å². The third-order valence-corrected chi connectivity index (χ3v) is 1.92. The molecule has 0 aliphatic heterocycles. The molecular weight excluding hydrogens is 200 g/mol. The number of hydrazine groups is 1. The number of hydrogen-bond donors (Lipinski definition) is 2. The number of hydrogen-bond acceptors (Lipinski definition) is 3. The number of halogens is 1. The lowest BCUT2D eigenvalue weighted by Crippen LogP contribution is -2.07. The second kappa shape index (κ2) is 5.73. The summed E-state index contributed by atoms with van der Waals surface area (Å²) in [4.78, 5) is 0. The largest absolute Gasteiger partial charge is 0.493 e. The highest BCUT2D eigenvalue weighted by Gasteiger charge is 2.04. The van der Waals surface area contributed by atoms with Crippen molar-refractivity contribution in [2.75, 3.05) is 12.0 Å². The summed E-state index contributed by atoms with van der Waals surface area (Å²) < 4.78 is 5.50. The molecule has 0 radical (unpaired) electrons. The zero-order chi connectivity index (χ0) is 9.84. The fourth-order valence-electron chi connectivity index (χ4n) is 1.41. The van der Waals surface area contributed by atoms with Crippen LogP contribution in [0.25, 0.3) is 0 Å². The maximum Gasteiger partial charge on any atom is 0.125 e. The van der Waals surface area contributed by atoms with Crippen LogP contribution in [0.2, 0.25) is 0 Å². The molecule has 0 aromatic heterocycles. The molecule has 0 bridgehead atoms. The molecule has 3 nitrogen and oxygen atoms in total. The first-order chi connectivity index (χ1) is 6.19. The minimum atomic E-state index is 0. The van der Waals surface area contributed by atoms with Crippen LogP contribution >= 0.6 is 12.4 Å². The average molecular weight is 217 g/mol. The van der Waals surface area contributed by atoms with Crippen LogP contribution in [0.15, 0.2) is 12.1 Å². The number of ether oxygens (including phenoxy) is 1. The van der Waals surface area contributed by atoms with E-state index >= 15 is 0 Å². The number of aryl methyl sites for hydroxylation is 2. The standard InChI is InChI=1S/C10H16N2O.ClH/c1-4-13-10-7(2)5-9(12-11)6-8(10)3;/h5-6,12H,4,11H2,1-3H3;1H. The number of anilines is 1. The van der Waals surface area contributed by atoms with Crippen LogP contribution in [-0.4, -0.2) is 6.61 Å². The molecule has 0 unspecified atom stereocenters. The van der Waals surface area contributed by atoms with Crippen molar-refractivity contribution in [1.82, 2.24) is 0 Å². The van der Waals surface area contributed by atoms with Gasteiger partial charge in [-0.3, -0.25) is 5.84 Å². The summed E-state index contributed by atoms with van der Waals surface area (Å²) in [6.45, 7) is 6.70. The van der Waals surface area contributed by atoms with Gasteiger partial charge in [-0.05, 0) is 44.0 Å². The molecular formula is C10H17ClN2O. The van der Waals surface area contributed by atoms with Gasteiger partial charge in [0, 0.05) is 5.69 Å². The summed E-state index contributed by atoms with van der Waals surface area (Å²) in [6.07, 6.45) is 0. The number of rotatable bonds is 3. The van der Waals surface area contributed by atoms with Crippen LogP contribution in [0.1, 0.15) is 18.1 Å². The van der Waals surface area contributed by atoms with E-state index in [4.69, 9.17) is 10.6 Å². The summed E-state index contributed by atoms with van der Waals surface area (Å²) >= 11 is 0. The van der Waals surface area contributed by atoms with E-state index in [9.17, 15) is 0 Å². The first kappa shape index (κ1) is 13.1. The van der Waals surface area contributed by atoms with Gasteiger partial charge in [0.25, 0.3) is 0 Å². The van der Waals surface area contributed by atoms with E-state index in [0.29, 0.717) is 6.61 Å². The Hall–Kier alpha value is -0.930. The van der Waals surface area contributed by atoms with E-state index in [1.54, 1.807) is 0 Å². The monoisotopic (exact) mass is 216 g/mol. The molecule has 3 N–H and O–H groups in total. The lowest BCUT2D eigenvalue weighted by Gasteiger charge is -2.12. The van der Waals surface area contributed by atoms with Crippen molar-refractivity contribution in [2.45, 2.75) is 20.8 Å². The Morgan fingerprint density at radius 1 is 1.29 bits per heavy atom.